The van der Waals surface area contributed by atoms with Gasteiger partial charge in [0.05, 0.1) is 6.54 Å². The Morgan fingerprint density at radius 3 is 2.00 bits per heavy atom. The highest BCUT2D eigenvalue weighted by Gasteiger charge is 2.20. The van der Waals surface area contributed by atoms with E-state index in [1.165, 1.54) is 14.2 Å². The summed E-state index contributed by atoms with van der Waals surface area (Å²) in [5.74, 6) is -1.37. The van der Waals surface area contributed by atoms with Gasteiger partial charge in [-0.3, -0.25) is 9.59 Å². The SMILES string of the molecule is COC(CNC(=O)C(=O)NC(C)(C)C)OC. The van der Waals surface area contributed by atoms with Crippen molar-refractivity contribution in [2.24, 2.45) is 0 Å². The highest BCUT2D eigenvalue weighted by atomic mass is 16.7. The average molecular weight is 232 g/mol. The Kier molecular flexibility index (Phi) is 5.98. The molecule has 0 atom stereocenters. The van der Waals surface area contributed by atoms with E-state index in [-0.39, 0.29) is 6.54 Å². The van der Waals surface area contributed by atoms with Crippen molar-refractivity contribution in [2.75, 3.05) is 20.8 Å². The van der Waals surface area contributed by atoms with E-state index >= 15 is 0 Å². The molecule has 0 aliphatic carbocycles. The molecule has 0 heterocycles. The number of hydrogen-bond acceptors (Lipinski definition) is 4. The molecular formula is C10H20N2O4. The van der Waals surface area contributed by atoms with E-state index in [4.69, 9.17) is 9.47 Å². The molecule has 0 spiro atoms. The molecule has 0 aliphatic rings. The van der Waals surface area contributed by atoms with Crippen molar-refractivity contribution in [1.82, 2.24) is 10.6 Å². The van der Waals surface area contributed by atoms with Gasteiger partial charge < -0.3 is 20.1 Å². The van der Waals surface area contributed by atoms with Crippen molar-refractivity contribution >= 4 is 11.8 Å². The van der Waals surface area contributed by atoms with Gasteiger partial charge in [0.15, 0.2) is 6.29 Å². The van der Waals surface area contributed by atoms with Crippen molar-refractivity contribution in [3.8, 4) is 0 Å². The van der Waals surface area contributed by atoms with Crippen molar-refractivity contribution in [3.63, 3.8) is 0 Å². The highest BCUT2D eigenvalue weighted by molar-refractivity contribution is 6.35. The van der Waals surface area contributed by atoms with Crippen LogP contribution in [0.1, 0.15) is 20.8 Å². The zero-order valence-electron chi connectivity index (χ0n) is 10.4. The minimum Gasteiger partial charge on any atom is -0.354 e. The van der Waals surface area contributed by atoms with Gasteiger partial charge in [-0.05, 0) is 20.8 Å². The summed E-state index contributed by atoms with van der Waals surface area (Å²) in [6.45, 7) is 5.52. The first-order valence-electron chi connectivity index (χ1n) is 4.96. The van der Waals surface area contributed by atoms with Crippen LogP contribution in [0.25, 0.3) is 0 Å². The number of rotatable bonds is 4. The molecule has 0 aromatic heterocycles. The van der Waals surface area contributed by atoms with Crippen LogP contribution in [0.4, 0.5) is 0 Å². The molecule has 0 saturated heterocycles. The monoisotopic (exact) mass is 232 g/mol. The Balaban J connectivity index is 4.02. The molecule has 0 radical (unpaired) electrons. The first-order chi connectivity index (χ1) is 7.30. The Hall–Kier alpha value is -1.14. The van der Waals surface area contributed by atoms with Crippen LogP contribution in [-0.2, 0) is 19.1 Å². The topological polar surface area (TPSA) is 76.7 Å². The minimum atomic E-state index is -0.700. The van der Waals surface area contributed by atoms with Crippen LogP contribution in [0.2, 0.25) is 0 Å². The van der Waals surface area contributed by atoms with E-state index in [1.54, 1.807) is 20.8 Å². The summed E-state index contributed by atoms with van der Waals surface area (Å²) in [7, 11) is 2.91. The number of ether oxygens (including phenoxy) is 2. The summed E-state index contributed by atoms with van der Waals surface area (Å²) in [6, 6.07) is 0. The first-order valence-corrected chi connectivity index (χ1v) is 4.96. The number of carbonyl (C=O) groups excluding carboxylic acids is 2. The van der Waals surface area contributed by atoms with Gasteiger partial charge in [0.2, 0.25) is 0 Å². The van der Waals surface area contributed by atoms with Gasteiger partial charge in [-0.2, -0.15) is 0 Å². The molecule has 0 aromatic rings. The van der Waals surface area contributed by atoms with Gasteiger partial charge in [0.1, 0.15) is 0 Å². The lowest BCUT2D eigenvalue weighted by Gasteiger charge is -2.20. The van der Waals surface area contributed by atoms with Gasteiger partial charge in [-0.15, -0.1) is 0 Å². The maximum absolute atomic E-state index is 11.3. The zero-order chi connectivity index (χ0) is 12.8. The van der Waals surface area contributed by atoms with Crippen molar-refractivity contribution in [2.45, 2.75) is 32.6 Å². The van der Waals surface area contributed by atoms with Gasteiger partial charge in [-0.1, -0.05) is 0 Å². The quantitative estimate of drug-likeness (QED) is 0.512. The Labute approximate surface area is 95.7 Å². The van der Waals surface area contributed by atoms with Gasteiger partial charge >= 0.3 is 11.8 Å². The Morgan fingerprint density at radius 1 is 1.12 bits per heavy atom. The summed E-state index contributed by atoms with van der Waals surface area (Å²) in [5.41, 5.74) is -0.434. The third-order valence-corrected chi connectivity index (χ3v) is 1.65. The van der Waals surface area contributed by atoms with E-state index in [0.717, 1.165) is 0 Å². The predicted molar refractivity (Wildman–Crippen MR) is 58.7 cm³/mol. The number of amides is 2. The predicted octanol–water partition coefficient (Wildman–Crippen LogP) is -0.364. The van der Waals surface area contributed by atoms with E-state index < -0.39 is 23.6 Å². The molecule has 0 rings (SSSR count). The molecule has 0 aromatic carbocycles. The molecule has 2 N–H and O–H groups in total. The van der Waals surface area contributed by atoms with Gasteiger partial charge in [0.25, 0.3) is 0 Å². The highest BCUT2D eigenvalue weighted by Crippen LogP contribution is 1.97. The van der Waals surface area contributed by atoms with Crippen LogP contribution in [0, 0.1) is 0 Å². The summed E-state index contributed by atoms with van der Waals surface area (Å²) in [6.07, 6.45) is -0.550. The summed E-state index contributed by atoms with van der Waals surface area (Å²) in [4.78, 5) is 22.7. The first kappa shape index (κ1) is 14.9. The molecule has 16 heavy (non-hydrogen) atoms. The van der Waals surface area contributed by atoms with Gasteiger partial charge in [0, 0.05) is 19.8 Å². The molecule has 2 amide bonds. The maximum Gasteiger partial charge on any atom is 0.309 e. The zero-order valence-corrected chi connectivity index (χ0v) is 10.4. The lowest BCUT2D eigenvalue weighted by molar-refractivity contribution is -0.142. The third kappa shape index (κ3) is 6.36. The van der Waals surface area contributed by atoms with Crippen LogP contribution >= 0.6 is 0 Å². The second-order valence-electron chi connectivity index (χ2n) is 4.32. The number of methoxy groups -OCH3 is 2. The molecule has 6 nitrogen and oxygen atoms in total. The summed E-state index contributed by atoms with van der Waals surface area (Å²) in [5, 5.41) is 4.95. The minimum absolute atomic E-state index is 0.128. The van der Waals surface area contributed by atoms with E-state index in [2.05, 4.69) is 10.6 Å². The van der Waals surface area contributed by atoms with Crippen LogP contribution in [0.15, 0.2) is 0 Å². The van der Waals surface area contributed by atoms with Crippen LogP contribution < -0.4 is 10.6 Å². The second-order valence-corrected chi connectivity index (χ2v) is 4.32. The fraction of sp³-hybridized carbons (Fsp3) is 0.800. The number of carbonyl (C=O) groups is 2. The molecule has 94 valence electrons. The Bertz CT molecular complexity index is 244. The lowest BCUT2D eigenvalue weighted by Crippen LogP contribution is -2.49. The molecule has 0 aliphatic heterocycles. The smallest absolute Gasteiger partial charge is 0.309 e. The van der Waals surface area contributed by atoms with Crippen LogP contribution in [0.5, 0.6) is 0 Å². The largest absolute Gasteiger partial charge is 0.354 e. The van der Waals surface area contributed by atoms with Crippen molar-refractivity contribution in [1.29, 1.82) is 0 Å². The molecule has 0 unspecified atom stereocenters. The molecule has 0 saturated carbocycles. The molecular weight excluding hydrogens is 212 g/mol. The number of nitrogens with one attached hydrogen (secondary N) is 2. The molecule has 0 bridgehead atoms. The van der Waals surface area contributed by atoms with E-state index in [1.807, 2.05) is 0 Å². The van der Waals surface area contributed by atoms with Crippen molar-refractivity contribution in [3.05, 3.63) is 0 Å². The van der Waals surface area contributed by atoms with E-state index in [9.17, 15) is 9.59 Å². The average Bonchev–Trinajstić information content (AvgIpc) is 2.16. The molecule has 0 fully saturated rings. The number of hydrogen-bond donors (Lipinski definition) is 2. The fourth-order valence-electron chi connectivity index (χ4n) is 0.917. The Morgan fingerprint density at radius 2 is 1.62 bits per heavy atom. The maximum atomic E-state index is 11.3. The normalized spacial score (nSPS) is 11.4. The van der Waals surface area contributed by atoms with Gasteiger partial charge in [-0.25, -0.2) is 0 Å². The van der Waals surface area contributed by atoms with Crippen LogP contribution in [-0.4, -0.2) is 44.4 Å². The summed E-state index contributed by atoms with van der Waals surface area (Å²) < 4.78 is 9.72. The summed E-state index contributed by atoms with van der Waals surface area (Å²) >= 11 is 0. The standard InChI is InChI=1S/C10H20N2O4/c1-10(2,3)12-9(14)8(13)11-6-7(15-4)16-5/h7H,6H2,1-5H3,(H,11,13)(H,12,14). The van der Waals surface area contributed by atoms with E-state index in [0.29, 0.717) is 0 Å². The fourth-order valence-corrected chi connectivity index (χ4v) is 0.917. The second kappa shape index (κ2) is 6.44. The third-order valence-electron chi connectivity index (χ3n) is 1.65. The van der Waals surface area contributed by atoms with Crippen molar-refractivity contribution < 1.29 is 19.1 Å². The van der Waals surface area contributed by atoms with Crippen LogP contribution in [0.3, 0.4) is 0 Å². The molecule has 6 heteroatoms. The lowest BCUT2D eigenvalue weighted by atomic mass is 10.1.